The first-order chi connectivity index (χ1) is 9.75. The molecule has 0 fully saturated rings. The molecule has 2 amide bonds. The highest BCUT2D eigenvalue weighted by Crippen LogP contribution is 2.14. The molecule has 0 saturated carbocycles. The van der Waals surface area contributed by atoms with E-state index in [0.29, 0.717) is 0 Å². The van der Waals surface area contributed by atoms with E-state index in [1.54, 1.807) is 13.8 Å². The summed E-state index contributed by atoms with van der Waals surface area (Å²) in [7, 11) is 0. The quantitative estimate of drug-likeness (QED) is 0.708. The van der Waals surface area contributed by atoms with Crippen LogP contribution in [0, 0.1) is 17.7 Å². The minimum Gasteiger partial charge on any atom is -0.384 e. The highest BCUT2D eigenvalue weighted by Gasteiger charge is 2.24. The van der Waals surface area contributed by atoms with Gasteiger partial charge in [-0.25, -0.2) is 4.39 Å². The van der Waals surface area contributed by atoms with Crippen LogP contribution in [-0.2, 0) is 4.79 Å². The lowest BCUT2D eigenvalue weighted by Crippen LogP contribution is -2.46. The van der Waals surface area contributed by atoms with Crippen LogP contribution in [0.4, 0.5) is 4.39 Å². The Morgan fingerprint density at radius 3 is 2.67 bits per heavy atom. The van der Waals surface area contributed by atoms with Crippen molar-refractivity contribution in [2.45, 2.75) is 25.8 Å². The lowest BCUT2D eigenvalue weighted by molar-refractivity contribution is -0.119. The molecule has 21 heavy (non-hydrogen) atoms. The van der Waals surface area contributed by atoms with Gasteiger partial charge in [-0.15, -0.1) is 0 Å². The average Bonchev–Trinajstić information content (AvgIpc) is 2.34. The van der Waals surface area contributed by atoms with Crippen LogP contribution in [0.25, 0.3) is 0 Å². The van der Waals surface area contributed by atoms with Crippen molar-refractivity contribution < 1.29 is 19.1 Å². The van der Waals surface area contributed by atoms with E-state index in [0.717, 1.165) is 6.07 Å². The summed E-state index contributed by atoms with van der Waals surface area (Å²) in [6.07, 6.45) is -0.0499. The second kappa shape index (κ2) is 6.86. The van der Waals surface area contributed by atoms with Crippen LogP contribution < -0.4 is 11.1 Å². The second-order valence-electron chi connectivity index (χ2n) is 5.13. The third-order valence-electron chi connectivity index (χ3n) is 2.60. The first kappa shape index (κ1) is 16.7. The molecular weight excluding hydrogens is 275 g/mol. The summed E-state index contributed by atoms with van der Waals surface area (Å²) in [4.78, 5) is 23.2. The van der Waals surface area contributed by atoms with Crippen molar-refractivity contribution in [1.82, 2.24) is 5.32 Å². The molecule has 0 spiro atoms. The van der Waals surface area contributed by atoms with Crippen molar-refractivity contribution >= 4 is 11.8 Å². The number of benzene rings is 1. The van der Waals surface area contributed by atoms with E-state index < -0.39 is 23.2 Å². The number of carbonyl (C=O) groups is 2. The monoisotopic (exact) mass is 292 g/mol. The number of hydrogen-bond acceptors (Lipinski definition) is 3. The van der Waals surface area contributed by atoms with Gasteiger partial charge in [-0.05, 0) is 32.0 Å². The van der Waals surface area contributed by atoms with E-state index in [2.05, 4.69) is 17.2 Å². The Morgan fingerprint density at radius 1 is 1.43 bits per heavy atom. The van der Waals surface area contributed by atoms with E-state index in [9.17, 15) is 14.0 Å². The zero-order valence-corrected chi connectivity index (χ0v) is 11.9. The van der Waals surface area contributed by atoms with Crippen LogP contribution in [0.2, 0.25) is 0 Å². The minimum absolute atomic E-state index is 0.0356. The SMILES string of the molecule is CC(C)(CC(N)=O)NC(=O)c1cc(F)ccc1C#CCO. The van der Waals surface area contributed by atoms with E-state index in [-0.39, 0.29) is 24.2 Å². The van der Waals surface area contributed by atoms with Gasteiger partial charge in [0.1, 0.15) is 12.4 Å². The number of hydrogen-bond donors (Lipinski definition) is 3. The van der Waals surface area contributed by atoms with Gasteiger partial charge in [0.25, 0.3) is 5.91 Å². The molecule has 112 valence electrons. The minimum atomic E-state index is -0.864. The summed E-state index contributed by atoms with van der Waals surface area (Å²) in [5.41, 5.74) is 4.57. The summed E-state index contributed by atoms with van der Waals surface area (Å²) in [6.45, 7) is 2.90. The molecule has 0 aliphatic carbocycles. The number of aliphatic hydroxyl groups excluding tert-OH is 1. The molecule has 0 aliphatic heterocycles. The number of halogens is 1. The number of rotatable bonds is 4. The van der Waals surface area contributed by atoms with E-state index in [1.807, 2.05) is 0 Å². The van der Waals surface area contributed by atoms with Crippen LogP contribution >= 0.6 is 0 Å². The van der Waals surface area contributed by atoms with Gasteiger partial charge < -0.3 is 16.2 Å². The standard InChI is InChI=1S/C15H17FN2O3/c1-15(2,9-13(17)20)18-14(21)12-8-11(16)6-5-10(12)4-3-7-19/h5-6,8,19H,7,9H2,1-2H3,(H2,17,20)(H,18,21). The van der Waals surface area contributed by atoms with Crippen LogP contribution in [0.5, 0.6) is 0 Å². The largest absolute Gasteiger partial charge is 0.384 e. The summed E-state index contributed by atoms with van der Waals surface area (Å²) in [5, 5.41) is 11.3. The molecule has 6 heteroatoms. The van der Waals surface area contributed by atoms with Crippen LogP contribution in [0.1, 0.15) is 36.2 Å². The van der Waals surface area contributed by atoms with Gasteiger partial charge in [0.2, 0.25) is 5.91 Å². The zero-order chi connectivity index (χ0) is 16.0. The molecule has 0 aliphatic rings. The number of amides is 2. The van der Waals surface area contributed by atoms with Crippen molar-refractivity contribution in [3.8, 4) is 11.8 Å². The second-order valence-corrected chi connectivity index (χ2v) is 5.13. The smallest absolute Gasteiger partial charge is 0.253 e. The van der Waals surface area contributed by atoms with Crippen molar-refractivity contribution in [3.63, 3.8) is 0 Å². The maximum atomic E-state index is 13.3. The van der Waals surface area contributed by atoms with E-state index in [4.69, 9.17) is 10.8 Å². The Morgan fingerprint density at radius 2 is 2.10 bits per heavy atom. The molecule has 0 heterocycles. The highest BCUT2D eigenvalue weighted by molar-refractivity contribution is 5.97. The first-order valence-electron chi connectivity index (χ1n) is 6.25. The maximum absolute atomic E-state index is 13.3. The summed E-state index contributed by atoms with van der Waals surface area (Å²) < 4.78 is 13.3. The van der Waals surface area contributed by atoms with Gasteiger partial charge >= 0.3 is 0 Å². The third-order valence-corrected chi connectivity index (χ3v) is 2.60. The van der Waals surface area contributed by atoms with Gasteiger partial charge in [0.05, 0.1) is 5.56 Å². The molecule has 4 N–H and O–H groups in total. The fraction of sp³-hybridized carbons (Fsp3) is 0.333. The van der Waals surface area contributed by atoms with Crippen LogP contribution in [0.15, 0.2) is 18.2 Å². The Kier molecular flexibility index (Phi) is 5.44. The number of nitrogens with two attached hydrogens (primary N) is 1. The van der Waals surface area contributed by atoms with Gasteiger partial charge in [-0.1, -0.05) is 11.8 Å². The Hall–Kier alpha value is -2.39. The molecule has 5 nitrogen and oxygen atoms in total. The summed E-state index contributed by atoms with van der Waals surface area (Å²) in [6, 6.07) is 3.58. The Labute approximate surface area is 122 Å². The van der Waals surface area contributed by atoms with Gasteiger partial charge in [-0.2, -0.15) is 0 Å². The van der Waals surface area contributed by atoms with Crippen molar-refractivity contribution in [2.24, 2.45) is 5.73 Å². The van der Waals surface area contributed by atoms with Gasteiger partial charge in [0.15, 0.2) is 0 Å². The van der Waals surface area contributed by atoms with Crippen LogP contribution in [-0.4, -0.2) is 29.1 Å². The van der Waals surface area contributed by atoms with E-state index >= 15 is 0 Å². The normalized spacial score (nSPS) is 10.5. The Balaban J connectivity index is 3.06. The summed E-state index contributed by atoms with van der Waals surface area (Å²) >= 11 is 0. The topological polar surface area (TPSA) is 92.4 Å². The van der Waals surface area contributed by atoms with Crippen molar-refractivity contribution in [2.75, 3.05) is 6.61 Å². The first-order valence-corrected chi connectivity index (χ1v) is 6.25. The molecule has 0 atom stereocenters. The zero-order valence-electron chi connectivity index (χ0n) is 11.9. The van der Waals surface area contributed by atoms with Crippen LogP contribution in [0.3, 0.4) is 0 Å². The fourth-order valence-corrected chi connectivity index (χ4v) is 1.80. The maximum Gasteiger partial charge on any atom is 0.253 e. The molecular formula is C15H17FN2O3. The van der Waals surface area contributed by atoms with Gasteiger partial charge in [0, 0.05) is 17.5 Å². The molecule has 0 radical (unpaired) electrons. The molecule has 1 aromatic rings. The number of aliphatic hydroxyl groups is 1. The summed E-state index contributed by atoms with van der Waals surface area (Å²) in [5.74, 6) is 3.28. The predicted molar refractivity (Wildman–Crippen MR) is 75.7 cm³/mol. The average molecular weight is 292 g/mol. The van der Waals surface area contributed by atoms with Gasteiger partial charge in [-0.3, -0.25) is 9.59 Å². The van der Waals surface area contributed by atoms with Crippen molar-refractivity contribution in [1.29, 1.82) is 0 Å². The molecule has 0 aromatic heterocycles. The predicted octanol–water partition coefficient (Wildman–Crippen LogP) is 0.553. The number of nitrogens with one attached hydrogen (secondary N) is 1. The fourth-order valence-electron chi connectivity index (χ4n) is 1.80. The van der Waals surface area contributed by atoms with E-state index in [1.165, 1.54) is 12.1 Å². The number of carbonyl (C=O) groups excluding carboxylic acids is 2. The van der Waals surface area contributed by atoms with Crippen molar-refractivity contribution in [3.05, 3.63) is 35.1 Å². The molecule has 0 saturated heterocycles. The molecule has 1 rings (SSSR count). The Bertz CT molecular complexity index is 615. The lowest BCUT2D eigenvalue weighted by atomic mass is 9.98. The molecule has 1 aromatic carbocycles. The lowest BCUT2D eigenvalue weighted by Gasteiger charge is -2.25. The molecule has 0 unspecified atom stereocenters. The number of primary amides is 1. The third kappa shape index (κ3) is 5.24. The molecule has 0 bridgehead atoms. The highest BCUT2D eigenvalue weighted by atomic mass is 19.1.